The zero-order chi connectivity index (χ0) is 10.8. The summed E-state index contributed by atoms with van der Waals surface area (Å²) in [6.07, 6.45) is 7.55. The van der Waals surface area contributed by atoms with Crippen LogP contribution in [0.5, 0.6) is 0 Å². The van der Waals surface area contributed by atoms with Gasteiger partial charge in [0.25, 0.3) is 0 Å². The second kappa shape index (κ2) is 2.81. The van der Waals surface area contributed by atoms with E-state index in [2.05, 4.69) is 27.7 Å². The fraction of sp³-hybridized carbons (Fsp3) is 1.00. The topological polar surface area (TPSA) is 0 Å². The molecular weight excluding hydrogens is 180 g/mol. The minimum absolute atomic E-state index is 0.633. The molecule has 0 aromatic heterocycles. The molecule has 0 nitrogen and oxygen atoms in total. The maximum Gasteiger partial charge on any atom is -0.0266 e. The lowest BCUT2D eigenvalue weighted by atomic mass is 9.66. The monoisotopic (exact) mass is 206 g/mol. The van der Waals surface area contributed by atoms with Crippen molar-refractivity contribution in [1.82, 2.24) is 0 Å². The van der Waals surface area contributed by atoms with Crippen LogP contribution in [0.15, 0.2) is 0 Å². The van der Waals surface area contributed by atoms with Crippen molar-refractivity contribution in [2.75, 3.05) is 0 Å². The van der Waals surface area contributed by atoms with Gasteiger partial charge in [0, 0.05) is 0 Å². The normalized spacial score (nSPS) is 56.8. The molecule has 3 aliphatic rings. The Morgan fingerprint density at radius 1 is 1.00 bits per heavy atom. The van der Waals surface area contributed by atoms with Crippen LogP contribution >= 0.6 is 0 Å². The summed E-state index contributed by atoms with van der Waals surface area (Å²) in [6, 6.07) is 0. The average Bonchev–Trinajstić information content (AvgIpc) is 2.63. The van der Waals surface area contributed by atoms with E-state index in [0.717, 1.165) is 23.7 Å². The van der Waals surface area contributed by atoms with Gasteiger partial charge in [-0.25, -0.2) is 0 Å². The lowest BCUT2D eigenvalue weighted by Crippen LogP contribution is -2.31. The first-order chi connectivity index (χ1) is 6.97. The minimum atomic E-state index is 0.633. The van der Waals surface area contributed by atoms with Crippen molar-refractivity contribution < 1.29 is 0 Å². The van der Waals surface area contributed by atoms with Gasteiger partial charge in [0.1, 0.15) is 0 Å². The highest BCUT2D eigenvalue weighted by molar-refractivity contribution is 5.11. The van der Waals surface area contributed by atoms with Crippen molar-refractivity contribution in [2.24, 2.45) is 34.5 Å². The molecule has 3 fully saturated rings. The molecule has 0 aromatic carbocycles. The molecule has 15 heavy (non-hydrogen) atoms. The molecule has 3 rings (SSSR count). The van der Waals surface area contributed by atoms with Crippen LogP contribution in [-0.4, -0.2) is 0 Å². The standard InChI is InChI=1S/C15H26/c1-10-11-6-7-12-13(11)14(2,3)8-5-9-15(10,12)4/h10-13H,5-9H2,1-4H3. The van der Waals surface area contributed by atoms with Crippen LogP contribution in [0, 0.1) is 34.5 Å². The molecule has 86 valence electrons. The van der Waals surface area contributed by atoms with Crippen molar-refractivity contribution in [1.29, 1.82) is 0 Å². The van der Waals surface area contributed by atoms with Crippen molar-refractivity contribution >= 4 is 0 Å². The van der Waals surface area contributed by atoms with Crippen molar-refractivity contribution in [3.8, 4) is 0 Å². The van der Waals surface area contributed by atoms with Crippen molar-refractivity contribution in [2.45, 2.75) is 59.8 Å². The fourth-order valence-corrected chi connectivity index (χ4v) is 5.79. The lowest BCUT2D eigenvalue weighted by Gasteiger charge is -2.39. The second-order valence-corrected chi connectivity index (χ2v) is 7.51. The summed E-state index contributed by atoms with van der Waals surface area (Å²) in [6.45, 7) is 10.3. The molecule has 0 saturated heterocycles. The van der Waals surface area contributed by atoms with E-state index in [1.807, 2.05) is 0 Å². The third-order valence-corrected chi connectivity index (χ3v) is 6.67. The Balaban J connectivity index is 2.06. The zero-order valence-electron chi connectivity index (χ0n) is 10.8. The van der Waals surface area contributed by atoms with Crippen molar-refractivity contribution in [3.05, 3.63) is 0 Å². The molecule has 0 radical (unpaired) electrons. The highest BCUT2D eigenvalue weighted by atomic mass is 14.7. The molecule has 0 amide bonds. The first-order valence-corrected chi connectivity index (χ1v) is 6.97. The van der Waals surface area contributed by atoms with Gasteiger partial charge in [-0.15, -0.1) is 0 Å². The molecular formula is C15H26. The molecule has 5 atom stereocenters. The smallest absolute Gasteiger partial charge is 0.0266 e. The van der Waals surface area contributed by atoms with E-state index in [-0.39, 0.29) is 0 Å². The van der Waals surface area contributed by atoms with E-state index >= 15 is 0 Å². The largest absolute Gasteiger partial charge is 0.0617 e. The molecule has 0 spiro atoms. The molecule has 0 N–H and O–H groups in total. The molecule has 0 aromatic rings. The Labute approximate surface area is 94.8 Å². The Morgan fingerprint density at radius 3 is 2.47 bits per heavy atom. The van der Waals surface area contributed by atoms with Crippen LogP contribution in [0.2, 0.25) is 0 Å². The van der Waals surface area contributed by atoms with E-state index in [1.165, 1.54) is 25.7 Å². The molecule has 3 saturated carbocycles. The molecule has 0 heterocycles. The molecule has 3 aliphatic carbocycles. The van der Waals surface area contributed by atoms with E-state index in [4.69, 9.17) is 0 Å². The quantitative estimate of drug-likeness (QED) is 0.547. The van der Waals surface area contributed by atoms with Gasteiger partial charge in [-0.3, -0.25) is 0 Å². The predicted octanol–water partition coefficient (Wildman–Crippen LogP) is 4.49. The van der Waals surface area contributed by atoms with Gasteiger partial charge in [0.2, 0.25) is 0 Å². The maximum atomic E-state index is 2.61. The maximum absolute atomic E-state index is 2.61. The minimum Gasteiger partial charge on any atom is -0.0617 e. The van der Waals surface area contributed by atoms with Gasteiger partial charge in [-0.2, -0.15) is 0 Å². The first-order valence-electron chi connectivity index (χ1n) is 6.97. The Morgan fingerprint density at radius 2 is 1.73 bits per heavy atom. The summed E-state index contributed by atoms with van der Waals surface area (Å²) in [4.78, 5) is 0. The SMILES string of the molecule is CC1C2CCC3C2C(C)(C)CCCC13C. The highest BCUT2D eigenvalue weighted by Crippen LogP contribution is 2.70. The summed E-state index contributed by atoms with van der Waals surface area (Å²) in [5.41, 5.74) is 1.34. The van der Waals surface area contributed by atoms with Gasteiger partial charge >= 0.3 is 0 Å². The Bertz CT molecular complexity index is 278. The van der Waals surface area contributed by atoms with Gasteiger partial charge in [-0.1, -0.05) is 34.1 Å². The molecule has 5 unspecified atom stereocenters. The second-order valence-electron chi connectivity index (χ2n) is 7.51. The zero-order valence-corrected chi connectivity index (χ0v) is 10.8. The molecule has 0 heteroatoms. The summed E-state index contributed by atoms with van der Waals surface area (Å²) >= 11 is 0. The summed E-state index contributed by atoms with van der Waals surface area (Å²) in [5.74, 6) is 4.19. The third-order valence-electron chi connectivity index (χ3n) is 6.67. The fourth-order valence-electron chi connectivity index (χ4n) is 5.79. The van der Waals surface area contributed by atoms with Crippen LogP contribution in [0.3, 0.4) is 0 Å². The van der Waals surface area contributed by atoms with E-state index < -0.39 is 0 Å². The Kier molecular flexibility index (Phi) is 1.91. The number of hydrogen-bond donors (Lipinski definition) is 0. The van der Waals surface area contributed by atoms with E-state index in [1.54, 1.807) is 6.42 Å². The van der Waals surface area contributed by atoms with E-state index in [0.29, 0.717) is 10.8 Å². The average molecular weight is 206 g/mol. The molecule has 0 aliphatic heterocycles. The van der Waals surface area contributed by atoms with E-state index in [9.17, 15) is 0 Å². The summed E-state index contributed by atoms with van der Waals surface area (Å²) in [7, 11) is 0. The van der Waals surface area contributed by atoms with Gasteiger partial charge in [0.05, 0.1) is 0 Å². The molecule has 4 bridgehead atoms. The number of rotatable bonds is 0. The third kappa shape index (κ3) is 1.09. The summed E-state index contributed by atoms with van der Waals surface area (Å²) in [5, 5.41) is 0. The van der Waals surface area contributed by atoms with Crippen molar-refractivity contribution in [3.63, 3.8) is 0 Å². The van der Waals surface area contributed by atoms with Crippen LogP contribution in [0.4, 0.5) is 0 Å². The highest BCUT2D eigenvalue weighted by Gasteiger charge is 2.63. The van der Waals surface area contributed by atoms with Crippen LogP contribution in [-0.2, 0) is 0 Å². The first kappa shape index (κ1) is 10.2. The van der Waals surface area contributed by atoms with Crippen LogP contribution in [0.25, 0.3) is 0 Å². The van der Waals surface area contributed by atoms with Gasteiger partial charge in [-0.05, 0) is 60.2 Å². The predicted molar refractivity (Wildman–Crippen MR) is 64.6 cm³/mol. The van der Waals surface area contributed by atoms with Gasteiger partial charge < -0.3 is 0 Å². The van der Waals surface area contributed by atoms with Crippen LogP contribution in [0.1, 0.15) is 59.8 Å². The Hall–Kier alpha value is 0. The number of hydrogen-bond acceptors (Lipinski definition) is 0. The van der Waals surface area contributed by atoms with Crippen LogP contribution < -0.4 is 0 Å². The summed E-state index contributed by atoms with van der Waals surface area (Å²) < 4.78 is 0. The van der Waals surface area contributed by atoms with Gasteiger partial charge in [0.15, 0.2) is 0 Å². The lowest BCUT2D eigenvalue weighted by molar-refractivity contribution is 0.0997.